The molecule has 1 aromatic carbocycles. The van der Waals surface area contributed by atoms with Crippen molar-refractivity contribution in [1.29, 1.82) is 0 Å². The van der Waals surface area contributed by atoms with Crippen molar-refractivity contribution in [3.8, 4) is 5.75 Å². The average Bonchev–Trinajstić information content (AvgIpc) is 2.95. The van der Waals surface area contributed by atoms with E-state index in [4.69, 9.17) is 0 Å². The number of hydrogen-bond donors (Lipinski definition) is 3. The smallest absolute Gasteiger partial charge is 0.226 e. The number of aromatic nitrogens is 3. The van der Waals surface area contributed by atoms with Crippen LogP contribution in [0.1, 0.15) is 38.2 Å². The number of carbonyl (C=O) groups excluding carboxylic acids is 1. The molecular formula is C15H20N4O2. The van der Waals surface area contributed by atoms with Gasteiger partial charge in [-0.1, -0.05) is 26.0 Å². The standard InChI is InChI=1S/C15H20N4O2/c1-10(13-16-9-17-19-13)18-14(21)15(2,3)8-11-4-6-12(20)7-5-11/h4-7,9-10,20H,8H2,1-3H3,(H,18,21)(H,16,17,19). The Morgan fingerprint density at radius 3 is 2.62 bits per heavy atom. The monoisotopic (exact) mass is 288 g/mol. The minimum Gasteiger partial charge on any atom is -0.508 e. The van der Waals surface area contributed by atoms with Crippen LogP contribution in [0.25, 0.3) is 0 Å². The lowest BCUT2D eigenvalue weighted by molar-refractivity contribution is -0.130. The van der Waals surface area contributed by atoms with Crippen molar-refractivity contribution in [3.63, 3.8) is 0 Å². The zero-order valence-corrected chi connectivity index (χ0v) is 12.4. The third-order valence-electron chi connectivity index (χ3n) is 3.39. The number of nitrogens with one attached hydrogen (secondary N) is 2. The van der Waals surface area contributed by atoms with E-state index in [2.05, 4.69) is 20.5 Å². The Morgan fingerprint density at radius 2 is 2.05 bits per heavy atom. The number of amides is 1. The van der Waals surface area contributed by atoms with Gasteiger partial charge >= 0.3 is 0 Å². The molecule has 1 unspecified atom stereocenters. The highest BCUT2D eigenvalue weighted by Gasteiger charge is 2.29. The maximum absolute atomic E-state index is 12.4. The van der Waals surface area contributed by atoms with Gasteiger partial charge in [-0.3, -0.25) is 9.89 Å². The summed E-state index contributed by atoms with van der Waals surface area (Å²) in [6.07, 6.45) is 2.00. The molecule has 21 heavy (non-hydrogen) atoms. The Hall–Kier alpha value is -2.37. The van der Waals surface area contributed by atoms with E-state index >= 15 is 0 Å². The van der Waals surface area contributed by atoms with E-state index < -0.39 is 5.41 Å². The number of H-pyrrole nitrogens is 1. The van der Waals surface area contributed by atoms with Crippen molar-refractivity contribution in [3.05, 3.63) is 42.0 Å². The number of phenolic OH excluding ortho intramolecular Hbond substituents is 1. The van der Waals surface area contributed by atoms with Crippen molar-refractivity contribution in [1.82, 2.24) is 20.5 Å². The van der Waals surface area contributed by atoms with Gasteiger partial charge in [0.25, 0.3) is 0 Å². The van der Waals surface area contributed by atoms with E-state index in [1.54, 1.807) is 12.1 Å². The average molecular weight is 288 g/mol. The number of phenols is 1. The first-order valence-corrected chi connectivity index (χ1v) is 6.82. The Labute approximate surface area is 123 Å². The molecule has 0 saturated heterocycles. The van der Waals surface area contributed by atoms with Crippen LogP contribution in [-0.4, -0.2) is 26.2 Å². The second kappa shape index (κ2) is 5.95. The van der Waals surface area contributed by atoms with E-state index in [9.17, 15) is 9.90 Å². The van der Waals surface area contributed by atoms with E-state index in [1.165, 1.54) is 6.33 Å². The Kier molecular flexibility index (Phi) is 4.26. The van der Waals surface area contributed by atoms with Gasteiger partial charge in [-0.15, -0.1) is 0 Å². The summed E-state index contributed by atoms with van der Waals surface area (Å²) in [6, 6.07) is 6.68. The van der Waals surface area contributed by atoms with Crippen molar-refractivity contribution in [2.24, 2.45) is 5.41 Å². The van der Waals surface area contributed by atoms with Crippen LogP contribution >= 0.6 is 0 Å². The lowest BCUT2D eigenvalue weighted by Gasteiger charge is -2.25. The van der Waals surface area contributed by atoms with Gasteiger partial charge in [0, 0.05) is 5.41 Å². The van der Waals surface area contributed by atoms with Gasteiger partial charge in [0.15, 0.2) is 0 Å². The molecule has 1 aromatic heterocycles. The van der Waals surface area contributed by atoms with Crippen molar-refractivity contribution < 1.29 is 9.90 Å². The number of carbonyl (C=O) groups is 1. The number of aromatic amines is 1. The molecule has 0 aliphatic heterocycles. The van der Waals surface area contributed by atoms with Crippen LogP contribution in [0.3, 0.4) is 0 Å². The maximum Gasteiger partial charge on any atom is 0.226 e. The fourth-order valence-corrected chi connectivity index (χ4v) is 2.09. The maximum atomic E-state index is 12.4. The van der Waals surface area contributed by atoms with Gasteiger partial charge in [0.2, 0.25) is 5.91 Å². The van der Waals surface area contributed by atoms with Crippen LogP contribution in [-0.2, 0) is 11.2 Å². The molecule has 2 rings (SSSR count). The van der Waals surface area contributed by atoms with Crippen molar-refractivity contribution in [2.75, 3.05) is 0 Å². The normalized spacial score (nSPS) is 12.9. The predicted octanol–water partition coefficient (Wildman–Crippen LogP) is 1.96. The lowest BCUT2D eigenvalue weighted by Crippen LogP contribution is -2.39. The highest BCUT2D eigenvalue weighted by Crippen LogP contribution is 2.24. The van der Waals surface area contributed by atoms with Crippen LogP contribution in [0.2, 0.25) is 0 Å². The minimum atomic E-state index is -0.564. The molecule has 6 heteroatoms. The first-order valence-electron chi connectivity index (χ1n) is 6.82. The third kappa shape index (κ3) is 3.81. The second-order valence-electron chi connectivity index (χ2n) is 5.79. The van der Waals surface area contributed by atoms with Gasteiger partial charge in [0.05, 0.1) is 6.04 Å². The Morgan fingerprint density at radius 1 is 1.38 bits per heavy atom. The van der Waals surface area contributed by atoms with Crippen LogP contribution in [0.5, 0.6) is 5.75 Å². The van der Waals surface area contributed by atoms with Crippen LogP contribution in [0.15, 0.2) is 30.6 Å². The molecule has 0 bridgehead atoms. The first-order chi connectivity index (χ1) is 9.88. The fourth-order valence-electron chi connectivity index (χ4n) is 2.09. The topological polar surface area (TPSA) is 90.9 Å². The fraction of sp³-hybridized carbons (Fsp3) is 0.400. The molecule has 3 N–H and O–H groups in total. The van der Waals surface area contributed by atoms with E-state index in [0.29, 0.717) is 12.2 Å². The summed E-state index contributed by atoms with van der Waals surface area (Å²) in [6.45, 7) is 5.64. The Balaban J connectivity index is 2.01. The van der Waals surface area contributed by atoms with Crippen LogP contribution in [0.4, 0.5) is 0 Å². The van der Waals surface area contributed by atoms with Crippen molar-refractivity contribution >= 4 is 5.91 Å². The van der Waals surface area contributed by atoms with Crippen LogP contribution in [0, 0.1) is 5.41 Å². The molecule has 0 aliphatic rings. The van der Waals surface area contributed by atoms with Gasteiger partial charge in [-0.2, -0.15) is 5.10 Å². The number of rotatable bonds is 5. The summed E-state index contributed by atoms with van der Waals surface area (Å²) in [4.78, 5) is 16.5. The quantitative estimate of drug-likeness (QED) is 0.784. The minimum absolute atomic E-state index is 0.0560. The number of aromatic hydroxyl groups is 1. The molecule has 0 aliphatic carbocycles. The lowest BCUT2D eigenvalue weighted by atomic mass is 9.84. The summed E-state index contributed by atoms with van der Waals surface area (Å²) < 4.78 is 0. The van der Waals surface area contributed by atoms with Gasteiger partial charge < -0.3 is 10.4 Å². The van der Waals surface area contributed by atoms with Gasteiger partial charge in [0.1, 0.15) is 17.9 Å². The molecule has 2 aromatic rings. The summed E-state index contributed by atoms with van der Waals surface area (Å²) in [5.41, 5.74) is 0.436. The zero-order valence-electron chi connectivity index (χ0n) is 12.4. The number of hydrogen-bond acceptors (Lipinski definition) is 4. The second-order valence-corrected chi connectivity index (χ2v) is 5.79. The summed E-state index contributed by atoms with van der Waals surface area (Å²) in [5.74, 6) is 0.795. The largest absolute Gasteiger partial charge is 0.508 e. The number of nitrogens with zero attached hydrogens (tertiary/aromatic N) is 2. The zero-order chi connectivity index (χ0) is 15.5. The van der Waals surface area contributed by atoms with Gasteiger partial charge in [-0.05, 0) is 31.0 Å². The molecule has 1 amide bonds. The Bertz CT molecular complexity index is 591. The highest BCUT2D eigenvalue weighted by atomic mass is 16.3. The highest BCUT2D eigenvalue weighted by molar-refractivity contribution is 5.82. The molecule has 0 saturated carbocycles. The molecule has 6 nitrogen and oxygen atoms in total. The molecule has 0 spiro atoms. The molecule has 1 atom stereocenters. The molecular weight excluding hydrogens is 268 g/mol. The number of benzene rings is 1. The SMILES string of the molecule is CC(NC(=O)C(C)(C)Cc1ccc(O)cc1)c1ncn[nH]1. The third-order valence-corrected chi connectivity index (χ3v) is 3.39. The van der Waals surface area contributed by atoms with Crippen LogP contribution < -0.4 is 5.32 Å². The molecule has 0 fully saturated rings. The van der Waals surface area contributed by atoms with Crippen molar-refractivity contribution in [2.45, 2.75) is 33.2 Å². The summed E-state index contributed by atoms with van der Waals surface area (Å²) >= 11 is 0. The van der Waals surface area contributed by atoms with E-state index in [0.717, 1.165) is 5.56 Å². The van der Waals surface area contributed by atoms with E-state index in [1.807, 2.05) is 32.9 Å². The molecule has 112 valence electrons. The summed E-state index contributed by atoms with van der Waals surface area (Å²) in [5, 5.41) is 18.7. The molecule has 1 heterocycles. The first kappa shape index (κ1) is 15.0. The predicted molar refractivity (Wildman–Crippen MR) is 78.5 cm³/mol. The summed E-state index contributed by atoms with van der Waals surface area (Å²) in [7, 11) is 0. The molecule has 0 radical (unpaired) electrons. The van der Waals surface area contributed by atoms with E-state index in [-0.39, 0.29) is 17.7 Å². The van der Waals surface area contributed by atoms with Gasteiger partial charge in [-0.25, -0.2) is 4.98 Å².